The molecule has 2 aromatic rings. The highest BCUT2D eigenvalue weighted by Gasteiger charge is 2.33. The highest BCUT2D eigenvalue weighted by atomic mass is 32.1. The second-order valence-electron chi connectivity index (χ2n) is 7.40. The van der Waals surface area contributed by atoms with Gasteiger partial charge in [0, 0.05) is 28.2 Å². The maximum Gasteiger partial charge on any atom is 0.341 e. The Bertz CT molecular complexity index is 931. The third kappa shape index (κ3) is 4.34. The second kappa shape index (κ2) is 8.78. The van der Waals surface area contributed by atoms with Crippen LogP contribution >= 0.6 is 11.3 Å². The predicted octanol–water partition coefficient (Wildman–Crippen LogP) is 3.31. The van der Waals surface area contributed by atoms with Crippen LogP contribution in [0.15, 0.2) is 24.3 Å². The van der Waals surface area contributed by atoms with Crippen LogP contribution in [0.25, 0.3) is 11.1 Å². The molecule has 1 N–H and O–H groups in total. The lowest BCUT2D eigenvalue weighted by Gasteiger charge is -2.31. The van der Waals surface area contributed by atoms with Crippen molar-refractivity contribution in [1.82, 2.24) is 0 Å². The highest BCUT2D eigenvalue weighted by molar-refractivity contribution is 7.17. The van der Waals surface area contributed by atoms with Gasteiger partial charge in [-0.2, -0.15) is 0 Å². The van der Waals surface area contributed by atoms with E-state index in [0.29, 0.717) is 23.4 Å². The van der Waals surface area contributed by atoms with Gasteiger partial charge in [0.25, 0.3) is 0 Å². The third-order valence-electron chi connectivity index (χ3n) is 5.46. The summed E-state index contributed by atoms with van der Waals surface area (Å²) in [5, 5.41) is 14.6. The molecule has 2 atom stereocenters. The van der Waals surface area contributed by atoms with Crippen LogP contribution in [0.5, 0.6) is 0 Å². The lowest BCUT2D eigenvalue weighted by molar-refractivity contribution is -0.313. The van der Waals surface area contributed by atoms with Crippen molar-refractivity contribution in [2.45, 2.75) is 39.5 Å². The monoisotopic (exact) mass is 414 g/mol. The molecule has 6 nitrogen and oxygen atoms in total. The van der Waals surface area contributed by atoms with Crippen molar-refractivity contribution in [2.75, 3.05) is 12.4 Å². The fraction of sp³-hybridized carbons (Fsp3) is 0.409. The molecular weight excluding hydrogens is 390 g/mol. The van der Waals surface area contributed by atoms with Crippen molar-refractivity contribution >= 4 is 34.2 Å². The normalized spacial score (nSPS) is 18.9. The summed E-state index contributed by atoms with van der Waals surface area (Å²) in [5.74, 6) is -3.59. The van der Waals surface area contributed by atoms with Crippen LogP contribution in [-0.4, -0.2) is 25.0 Å². The summed E-state index contributed by atoms with van der Waals surface area (Å²) in [6.07, 6.45) is 2.49. The number of anilines is 1. The number of esters is 1. The number of hydrogen-bond donors (Lipinski definition) is 1. The Labute approximate surface area is 173 Å². The lowest BCUT2D eigenvalue weighted by Crippen LogP contribution is -2.42. The summed E-state index contributed by atoms with van der Waals surface area (Å²) in [4.78, 5) is 37.8. The number of rotatable bonds is 5. The number of carbonyl (C=O) groups excluding carboxylic acids is 3. The summed E-state index contributed by atoms with van der Waals surface area (Å²) < 4.78 is 4.97. The molecule has 1 amide bonds. The Hall–Kier alpha value is -2.67. The Morgan fingerprint density at radius 3 is 2.28 bits per heavy atom. The first-order valence-corrected chi connectivity index (χ1v) is 10.5. The number of thiophene rings is 1. The van der Waals surface area contributed by atoms with E-state index >= 15 is 0 Å². The zero-order valence-corrected chi connectivity index (χ0v) is 17.6. The van der Waals surface area contributed by atoms with Crippen LogP contribution in [0.2, 0.25) is 0 Å². The number of aryl methyl sites for hydroxylation is 2. The number of benzene rings is 1. The summed E-state index contributed by atoms with van der Waals surface area (Å²) in [5.41, 5.74) is 2.97. The van der Waals surface area contributed by atoms with Gasteiger partial charge in [-0.15, -0.1) is 11.3 Å². The van der Waals surface area contributed by atoms with Crippen LogP contribution in [0, 0.1) is 25.7 Å². The van der Waals surface area contributed by atoms with Crippen LogP contribution in [-0.2, 0) is 14.3 Å². The van der Waals surface area contributed by atoms with Crippen molar-refractivity contribution in [3.05, 3.63) is 40.3 Å². The predicted molar refractivity (Wildman–Crippen MR) is 110 cm³/mol. The van der Waals surface area contributed by atoms with E-state index in [1.807, 2.05) is 38.1 Å². The quantitative estimate of drug-likeness (QED) is 0.758. The molecule has 0 aliphatic heterocycles. The van der Waals surface area contributed by atoms with Crippen molar-refractivity contribution in [2.24, 2.45) is 11.8 Å². The largest absolute Gasteiger partial charge is 0.550 e. The van der Waals surface area contributed by atoms with Gasteiger partial charge >= 0.3 is 5.97 Å². The molecule has 29 heavy (non-hydrogen) atoms. The van der Waals surface area contributed by atoms with E-state index in [9.17, 15) is 19.5 Å². The maximum atomic E-state index is 12.9. The Morgan fingerprint density at radius 1 is 1.07 bits per heavy atom. The minimum Gasteiger partial charge on any atom is -0.550 e. The van der Waals surface area contributed by atoms with E-state index < -0.39 is 23.8 Å². The third-order valence-corrected chi connectivity index (χ3v) is 6.48. The Balaban J connectivity index is 1.98. The van der Waals surface area contributed by atoms with E-state index in [0.717, 1.165) is 34.4 Å². The van der Waals surface area contributed by atoms with Gasteiger partial charge in [0.1, 0.15) is 10.6 Å². The van der Waals surface area contributed by atoms with Gasteiger partial charge in [-0.05, 0) is 32.3 Å². The van der Waals surface area contributed by atoms with E-state index in [-0.39, 0.29) is 5.91 Å². The minimum atomic E-state index is -1.19. The van der Waals surface area contributed by atoms with Crippen LogP contribution in [0.3, 0.4) is 0 Å². The smallest absolute Gasteiger partial charge is 0.341 e. The average Bonchev–Trinajstić information content (AvgIpc) is 3.03. The standard InChI is InChI=1S/C22H25NO5S/c1-12-8-10-14(11-9-12)17-13(2)29-20(18(17)22(27)28-3)23-19(24)15-6-4-5-7-16(15)21(25)26/h8-11,15-16H,4-7H2,1-3H3,(H,23,24)(H,25,26)/p-1/t15-,16-/m0/s1. The highest BCUT2D eigenvalue weighted by Crippen LogP contribution is 2.41. The first-order chi connectivity index (χ1) is 13.8. The number of hydrogen-bond acceptors (Lipinski definition) is 6. The summed E-state index contributed by atoms with van der Waals surface area (Å²) in [6, 6.07) is 7.77. The summed E-state index contributed by atoms with van der Waals surface area (Å²) >= 11 is 1.29. The molecule has 0 saturated heterocycles. The SMILES string of the molecule is COC(=O)c1c(NC(=O)[C@H]2CCCC[C@@H]2C(=O)[O-])sc(C)c1-c1ccc(C)cc1. The number of methoxy groups -OCH3 is 1. The van der Waals surface area contributed by atoms with Gasteiger partial charge in [0.15, 0.2) is 0 Å². The molecule has 1 fully saturated rings. The number of ether oxygens (including phenoxy) is 1. The lowest BCUT2D eigenvalue weighted by atomic mass is 9.78. The van der Waals surface area contributed by atoms with Gasteiger partial charge in [-0.1, -0.05) is 42.7 Å². The molecule has 1 heterocycles. The average molecular weight is 415 g/mol. The number of carboxylic acid groups (broad SMARTS) is 1. The molecule has 1 aliphatic rings. The van der Waals surface area contributed by atoms with Gasteiger partial charge in [-0.25, -0.2) is 4.79 Å². The summed E-state index contributed by atoms with van der Waals surface area (Å²) in [6.45, 7) is 3.86. The van der Waals surface area contributed by atoms with Gasteiger partial charge in [-0.3, -0.25) is 4.79 Å². The fourth-order valence-corrected chi connectivity index (χ4v) is 5.00. The van der Waals surface area contributed by atoms with E-state index in [1.54, 1.807) is 0 Å². The van der Waals surface area contributed by atoms with Crippen LogP contribution < -0.4 is 10.4 Å². The molecule has 1 aromatic carbocycles. The Morgan fingerprint density at radius 2 is 1.69 bits per heavy atom. The van der Waals surface area contributed by atoms with Crippen molar-refractivity contribution < 1.29 is 24.2 Å². The minimum absolute atomic E-state index is 0.299. The topological polar surface area (TPSA) is 95.5 Å². The van der Waals surface area contributed by atoms with Gasteiger partial charge < -0.3 is 20.0 Å². The second-order valence-corrected chi connectivity index (χ2v) is 8.63. The first-order valence-electron chi connectivity index (χ1n) is 9.64. The molecule has 0 spiro atoms. The molecule has 154 valence electrons. The first kappa shape index (κ1) is 21.0. The van der Waals surface area contributed by atoms with Crippen molar-refractivity contribution in [3.8, 4) is 11.1 Å². The molecule has 1 aliphatic carbocycles. The maximum absolute atomic E-state index is 12.9. The van der Waals surface area contributed by atoms with Crippen LogP contribution in [0.1, 0.15) is 46.5 Å². The molecule has 7 heteroatoms. The molecule has 0 radical (unpaired) electrons. The molecule has 1 saturated carbocycles. The summed E-state index contributed by atoms with van der Waals surface area (Å²) in [7, 11) is 1.30. The fourth-order valence-electron chi connectivity index (χ4n) is 3.93. The van der Waals surface area contributed by atoms with Crippen molar-refractivity contribution in [3.63, 3.8) is 0 Å². The Kier molecular flexibility index (Phi) is 6.37. The van der Waals surface area contributed by atoms with Crippen LogP contribution in [0.4, 0.5) is 5.00 Å². The number of carbonyl (C=O) groups is 3. The van der Waals surface area contributed by atoms with E-state index in [1.165, 1.54) is 18.4 Å². The number of aliphatic carboxylic acids is 1. The zero-order valence-electron chi connectivity index (χ0n) is 16.7. The molecular formula is C22H24NO5S-. The van der Waals surface area contributed by atoms with Gasteiger partial charge in [0.2, 0.25) is 5.91 Å². The molecule has 3 rings (SSSR count). The molecule has 0 bridgehead atoms. The number of amides is 1. The van der Waals surface area contributed by atoms with Gasteiger partial charge in [0.05, 0.1) is 7.11 Å². The molecule has 0 unspecified atom stereocenters. The van der Waals surface area contributed by atoms with Crippen molar-refractivity contribution in [1.29, 1.82) is 0 Å². The van der Waals surface area contributed by atoms with E-state index in [2.05, 4.69) is 5.32 Å². The number of carboxylic acids is 1. The molecule has 1 aromatic heterocycles. The van der Waals surface area contributed by atoms with E-state index in [4.69, 9.17) is 4.74 Å². The zero-order chi connectivity index (χ0) is 21.1. The number of nitrogens with one attached hydrogen (secondary N) is 1.